The number of halogens is 4. The van der Waals surface area contributed by atoms with Gasteiger partial charge >= 0.3 is 0 Å². The Bertz CT molecular complexity index is 1790. The van der Waals surface area contributed by atoms with Crippen LogP contribution in [-0.2, 0) is 32.6 Å². The predicted octanol–water partition coefficient (Wildman–Crippen LogP) is 7.97. The molecule has 0 aliphatic rings. The normalized spacial score (nSPS) is 12.0. The molecule has 0 bridgehead atoms. The van der Waals surface area contributed by atoms with Gasteiger partial charge in [0.15, 0.2) is 0 Å². The van der Waals surface area contributed by atoms with Crippen LogP contribution in [0, 0.1) is 6.92 Å². The molecular weight excluding hydrogens is 688 g/mol. The summed E-state index contributed by atoms with van der Waals surface area (Å²) in [7, 11) is -4.29. The highest BCUT2D eigenvalue weighted by atomic mass is 35.5. The average Bonchev–Trinajstić information content (AvgIpc) is 3.03. The molecule has 4 rings (SSSR count). The Labute approximate surface area is 290 Å². The van der Waals surface area contributed by atoms with E-state index in [1.165, 1.54) is 35.2 Å². The van der Waals surface area contributed by atoms with Crippen LogP contribution in [0.3, 0.4) is 0 Å². The fourth-order valence-corrected chi connectivity index (χ4v) is 6.93. The molecule has 0 heterocycles. The molecule has 0 saturated heterocycles. The fourth-order valence-electron chi connectivity index (χ4n) is 4.76. The third-order valence-corrected chi connectivity index (χ3v) is 10.4. The molecule has 0 unspecified atom stereocenters. The summed E-state index contributed by atoms with van der Waals surface area (Å²) in [5, 5.41) is 3.94. The third-order valence-electron chi connectivity index (χ3n) is 7.26. The first-order valence-electron chi connectivity index (χ1n) is 14.5. The van der Waals surface area contributed by atoms with Gasteiger partial charge in [-0.25, -0.2) is 8.42 Å². The van der Waals surface area contributed by atoms with Gasteiger partial charge < -0.3 is 10.2 Å². The summed E-state index contributed by atoms with van der Waals surface area (Å²) in [4.78, 5) is 29.6. The molecule has 0 aliphatic heterocycles. The lowest BCUT2D eigenvalue weighted by molar-refractivity contribution is -0.140. The highest BCUT2D eigenvalue weighted by molar-refractivity contribution is 7.92. The van der Waals surface area contributed by atoms with Gasteiger partial charge in [0.1, 0.15) is 12.6 Å². The standard InChI is InChI=1S/C34H33Cl4N3O4S/c1-3-17-39-34(43)32(18-24-7-5-4-6-8-24)40(21-25-11-12-26(35)19-30(25)37)33(42)22-41(27-13-16-29(36)31(38)20-27)46(44,45)28-14-9-23(2)10-15-28/h4-16,19-20,32H,3,17-18,21-22H2,1-2H3,(H,39,43)/t32-/m1/s1. The van der Waals surface area contributed by atoms with E-state index in [0.717, 1.165) is 15.4 Å². The van der Waals surface area contributed by atoms with Crippen molar-refractivity contribution in [3.63, 3.8) is 0 Å². The number of carbonyl (C=O) groups excluding carboxylic acids is 2. The van der Waals surface area contributed by atoms with Crippen molar-refractivity contribution in [1.29, 1.82) is 0 Å². The Hall–Kier alpha value is -3.27. The number of nitrogens with one attached hydrogen (secondary N) is 1. The van der Waals surface area contributed by atoms with Gasteiger partial charge in [-0.05, 0) is 66.9 Å². The number of hydrogen-bond donors (Lipinski definition) is 1. The number of hydrogen-bond acceptors (Lipinski definition) is 4. The van der Waals surface area contributed by atoms with Crippen LogP contribution >= 0.6 is 46.4 Å². The minimum absolute atomic E-state index is 0.0224. The Morgan fingerprint density at radius 3 is 2.15 bits per heavy atom. The molecule has 4 aromatic carbocycles. The second kappa shape index (κ2) is 16.0. The van der Waals surface area contributed by atoms with Crippen molar-refractivity contribution in [3.05, 3.63) is 128 Å². The summed E-state index contributed by atoms with van der Waals surface area (Å²) in [5.41, 5.74) is 2.34. The maximum absolute atomic E-state index is 14.5. The molecule has 7 nitrogen and oxygen atoms in total. The number of carbonyl (C=O) groups is 2. The lowest BCUT2D eigenvalue weighted by Gasteiger charge is -2.34. The summed E-state index contributed by atoms with van der Waals surface area (Å²) < 4.78 is 29.3. The van der Waals surface area contributed by atoms with Crippen molar-refractivity contribution < 1.29 is 18.0 Å². The molecule has 1 N–H and O–H groups in total. The number of sulfonamides is 1. The molecule has 4 aromatic rings. The van der Waals surface area contributed by atoms with Crippen molar-refractivity contribution in [2.45, 2.75) is 44.2 Å². The lowest BCUT2D eigenvalue weighted by atomic mass is 10.0. The maximum Gasteiger partial charge on any atom is 0.264 e. The molecular formula is C34H33Cl4N3O4S. The van der Waals surface area contributed by atoms with Gasteiger partial charge in [0, 0.05) is 29.6 Å². The fraction of sp³-hybridized carbons (Fsp3) is 0.235. The van der Waals surface area contributed by atoms with Crippen LogP contribution in [0.1, 0.15) is 30.0 Å². The summed E-state index contributed by atoms with van der Waals surface area (Å²) in [6.45, 7) is 3.42. The van der Waals surface area contributed by atoms with Crippen molar-refractivity contribution >= 4 is 73.9 Å². The minimum atomic E-state index is -4.29. The van der Waals surface area contributed by atoms with Gasteiger partial charge in [0.25, 0.3) is 10.0 Å². The van der Waals surface area contributed by atoms with E-state index in [9.17, 15) is 18.0 Å². The van der Waals surface area contributed by atoms with Gasteiger partial charge in [-0.15, -0.1) is 0 Å². The Morgan fingerprint density at radius 2 is 1.52 bits per heavy atom. The zero-order valence-electron chi connectivity index (χ0n) is 25.2. The van der Waals surface area contributed by atoms with E-state index in [1.54, 1.807) is 30.3 Å². The SMILES string of the molecule is CCCNC(=O)[C@@H](Cc1ccccc1)N(Cc1ccc(Cl)cc1Cl)C(=O)CN(c1ccc(Cl)c(Cl)c1)S(=O)(=O)c1ccc(C)cc1. The molecule has 242 valence electrons. The van der Waals surface area contributed by atoms with Crippen LogP contribution < -0.4 is 9.62 Å². The van der Waals surface area contributed by atoms with E-state index in [1.807, 2.05) is 44.2 Å². The molecule has 1 atom stereocenters. The van der Waals surface area contributed by atoms with E-state index < -0.39 is 28.5 Å². The van der Waals surface area contributed by atoms with Crippen molar-refractivity contribution in [2.75, 3.05) is 17.4 Å². The smallest absolute Gasteiger partial charge is 0.264 e. The van der Waals surface area contributed by atoms with Gasteiger partial charge in [0.05, 0.1) is 20.6 Å². The van der Waals surface area contributed by atoms with Crippen LogP contribution in [0.25, 0.3) is 0 Å². The monoisotopic (exact) mass is 719 g/mol. The largest absolute Gasteiger partial charge is 0.354 e. The van der Waals surface area contributed by atoms with E-state index >= 15 is 0 Å². The Kier molecular flexibility index (Phi) is 12.4. The van der Waals surface area contributed by atoms with Crippen LogP contribution in [0.4, 0.5) is 5.69 Å². The first-order chi connectivity index (χ1) is 21.9. The van der Waals surface area contributed by atoms with Crippen LogP contribution in [-0.4, -0.2) is 44.3 Å². The van der Waals surface area contributed by atoms with Gasteiger partial charge in [-0.1, -0.05) is 107 Å². The lowest BCUT2D eigenvalue weighted by Crippen LogP contribution is -2.53. The molecule has 0 saturated carbocycles. The van der Waals surface area contributed by atoms with Gasteiger partial charge in [-0.2, -0.15) is 0 Å². The second-order valence-corrected chi connectivity index (χ2v) is 14.2. The summed E-state index contributed by atoms with van der Waals surface area (Å²) in [6, 6.07) is 23.7. The predicted molar refractivity (Wildman–Crippen MR) is 186 cm³/mol. The molecule has 0 spiro atoms. The second-order valence-electron chi connectivity index (χ2n) is 10.7. The Morgan fingerprint density at radius 1 is 0.826 bits per heavy atom. The number of nitrogens with zero attached hydrogens (tertiary/aromatic N) is 2. The quantitative estimate of drug-likeness (QED) is 0.152. The molecule has 0 radical (unpaired) electrons. The summed E-state index contributed by atoms with van der Waals surface area (Å²) in [5.74, 6) is -1.02. The highest BCUT2D eigenvalue weighted by Gasteiger charge is 2.35. The van der Waals surface area contributed by atoms with E-state index in [4.69, 9.17) is 46.4 Å². The summed E-state index contributed by atoms with van der Waals surface area (Å²) >= 11 is 25.2. The first-order valence-corrected chi connectivity index (χ1v) is 17.5. The van der Waals surface area contributed by atoms with Crippen LogP contribution in [0.15, 0.2) is 95.9 Å². The van der Waals surface area contributed by atoms with E-state index in [2.05, 4.69) is 5.32 Å². The van der Waals surface area contributed by atoms with Crippen molar-refractivity contribution in [1.82, 2.24) is 10.2 Å². The van der Waals surface area contributed by atoms with E-state index in [0.29, 0.717) is 28.6 Å². The molecule has 0 aromatic heterocycles. The number of amides is 2. The van der Waals surface area contributed by atoms with Gasteiger partial charge in [0.2, 0.25) is 11.8 Å². The molecule has 0 aliphatic carbocycles. The molecule has 2 amide bonds. The Balaban J connectivity index is 1.83. The minimum Gasteiger partial charge on any atom is -0.354 e. The zero-order chi connectivity index (χ0) is 33.4. The van der Waals surface area contributed by atoms with E-state index in [-0.39, 0.29) is 39.5 Å². The van der Waals surface area contributed by atoms with Crippen LogP contribution in [0.5, 0.6) is 0 Å². The van der Waals surface area contributed by atoms with Crippen molar-refractivity contribution in [3.8, 4) is 0 Å². The topological polar surface area (TPSA) is 86.8 Å². The van der Waals surface area contributed by atoms with Crippen LogP contribution in [0.2, 0.25) is 20.1 Å². The maximum atomic E-state index is 14.5. The molecule has 0 fully saturated rings. The zero-order valence-corrected chi connectivity index (χ0v) is 29.1. The van der Waals surface area contributed by atoms with Crippen molar-refractivity contribution in [2.24, 2.45) is 0 Å². The number of benzene rings is 4. The highest BCUT2D eigenvalue weighted by Crippen LogP contribution is 2.31. The average molecular weight is 722 g/mol. The first kappa shape index (κ1) is 35.6. The molecule has 46 heavy (non-hydrogen) atoms. The number of aryl methyl sites for hydroxylation is 1. The summed E-state index contributed by atoms with van der Waals surface area (Å²) in [6.07, 6.45) is 0.853. The number of anilines is 1. The third kappa shape index (κ3) is 8.96. The number of rotatable bonds is 13. The van der Waals surface area contributed by atoms with Gasteiger partial charge in [-0.3, -0.25) is 13.9 Å². The molecule has 12 heteroatoms.